The van der Waals surface area contributed by atoms with Gasteiger partial charge in [-0.25, -0.2) is 10.5 Å². The number of rotatable bonds is 4. The number of aromatic nitrogens is 3. The molecule has 0 bridgehead atoms. The van der Waals surface area contributed by atoms with Gasteiger partial charge in [0, 0.05) is 13.0 Å². The largest absolute Gasteiger partial charge is 0.335 e. The zero-order valence-electron chi connectivity index (χ0n) is 9.39. The molecule has 1 aromatic rings. The van der Waals surface area contributed by atoms with Crippen molar-refractivity contribution in [2.75, 3.05) is 30.9 Å². The number of likely N-dealkylation sites (tertiary alicyclic amines) is 1. The Kier molecular flexibility index (Phi) is 3.58. The van der Waals surface area contributed by atoms with E-state index in [0.717, 1.165) is 18.8 Å². The highest BCUT2D eigenvalue weighted by Crippen LogP contribution is 2.09. The van der Waals surface area contributed by atoms with E-state index in [4.69, 9.17) is 11.7 Å². The van der Waals surface area contributed by atoms with Crippen molar-refractivity contribution < 1.29 is 0 Å². The highest BCUT2D eigenvalue weighted by Gasteiger charge is 2.13. The fourth-order valence-corrected chi connectivity index (χ4v) is 2.03. The Morgan fingerprint density at radius 2 is 1.94 bits per heavy atom. The molecule has 90 valence electrons. The lowest BCUT2D eigenvalue weighted by atomic mass is 10.1. The van der Waals surface area contributed by atoms with Crippen LogP contribution in [0.5, 0.6) is 0 Å². The number of hydrazine groups is 1. The fourth-order valence-electron chi connectivity index (χ4n) is 2.03. The number of piperidine rings is 1. The second kappa shape index (κ2) is 5.13. The zero-order valence-corrected chi connectivity index (χ0v) is 9.39. The van der Waals surface area contributed by atoms with E-state index in [1.54, 1.807) is 0 Å². The van der Waals surface area contributed by atoms with E-state index in [1.165, 1.54) is 37.0 Å². The van der Waals surface area contributed by atoms with Crippen LogP contribution < -0.4 is 17.1 Å². The van der Waals surface area contributed by atoms with Gasteiger partial charge in [-0.2, -0.15) is 0 Å². The Bertz CT molecular complexity index is 329. The van der Waals surface area contributed by atoms with Crippen LogP contribution in [-0.2, 0) is 6.42 Å². The van der Waals surface area contributed by atoms with Crippen LogP contribution in [0, 0.1) is 0 Å². The summed E-state index contributed by atoms with van der Waals surface area (Å²) in [5.74, 6) is 12.2. The summed E-state index contributed by atoms with van der Waals surface area (Å²) in [5, 5.41) is 7.82. The summed E-state index contributed by atoms with van der Waals surface area (Å²) in [5.41, 5.74) is 2.40. The molecule has 0 aliphatic carbocycles. The maximum Gasteiger partial charge on any atom is 0.257 e. The van der Waals surface area contributed by atoms with Crippen molar-refractivity contribution in [2.45, 2.75) is 25.7 Å². The van der Waals surface area contributed by atoms with Gasteiger partial charge in [0.25, 0.3) is 5.95 Å². The summed E-state index contributed by atoms with van der Waals surface area (Å²) in [7, 11) is 0. The smallest absolute Gasteiger partial charge is 0.257 e. The lowest BCUT2D eigenvalue weighted by Crippen LogP contribution is -2.32. The van der Waals surface area contributed by atoms with E-state index in [-0.39, 0.29) is 0 Å². The highest BCUT2D eigenvalue weighted by atomic mass is 15.5. The van der Waals surface area contributed by atoms with Crippen LogP contribution in [0.3, 0.4) is 0 Å². The number of nitrogens with zero attached hydrogens (tertiary/aromatic N) is 4. The van der Waals surface area contributed by atoms with E-state index >= 15 is 0 Å². The van der Waals surface area contributed by atoms with Crippen molar-refractivity contribution >= 4 is 5.95 Å². The van der Waals surface area contributed by atoms with Gasteiger partial charge in [0.1, 0.15) is 0 Å². The number of hydrogen-bond acceptors (Lipinski definition) is 6. The lowest BCUT2D eigenvalue weighted by molar-refractivity contribution is 0.230. The SMILES string of the molecule is NNc1nnc(CCN2CCCCC2)n1N. The zero-order chi connectivity index (χ0) is 11.4. The maximum atomic E-state index is 5.76. The van der Waals surface area contributed by atoms with E-state index in [0.29, 0.717) is 5.95 Å². The molecule has 0 saturated carbocycles. The van der Waals surface area contributed by atoms with Crippen LogP contribution in [0.1, 0.15) is 25.1 Å². The van der Waals surface area contributed by atoms with Gasteiger partial charge < -0.3 is 10.7 Å². The van der Waals surface area contributed by atoms with Crippen molar-refractivity contribution in [3.05, 3.63) is 5.82 Å². The lowest BCUT2D eigenvalue weighted by Gasteiger charge is -2.25. The van der Waals surface area contributed by atoms with Crippen LogP contribution in [0.25, 0.3) is 0 Å². The summed E-state index contributed by atoms with van der Waals surface area (Å²) in [6.07, 6.45) is 4.76. The van der Waals surface area contributed by atoms with Gasteiger partial charge in [0.2, 0.25) is 0 Å². The molecule has 1 aromatic heterocycles. The first-order valence-corrected chi connectivity index (χ1v) is 5.69. The molecule has 16 heavy (non-hydrogen) atoms. The molecule has 2 rings (SSSR count). The molecule has 0 aromatic carbocycles. The van der Waals surface area contributed by atoms with Gasteiger partial charge in [0.15, 0.2) is 5.82 Å². The van der Waals surface area contributed by atoms with Crippen LogP contribution >= 0.6 is 0 Å². The Morgan fingerprint density at radius 3 is 2.56 bits per heavy atom. The third-order valence-corrected chi connectivity index (χ3v) is 3.00. The van der Waals surface area contributed by atoms with Gasteiger partial charge in [-0.1, -0.05) is 6.42 Å². The van der Waals surface area contributed by atoms with Crippen molar-refractivity contribution in [3.63, 3.8) is 0 Å². The summed E-state index contributed by atoms with van der Waals surface area (Å²) in [4.78, 5) is 2.44. The Morgan fingerprint density at radius 1 is 1.19 bits per heavy atom. The van der Waals surface area contributed by atoms with E-state index in [9.17, 15) is 0 Å². The number of nitrogens with one attached hydrogen (secondary N) is 1. The van der Waals surface area contributed by atoms with Crippen molar-refractivity contribution in [1.29, 1.82) is 0 Å². The molecule has 1 saturated heterocycles. The molecule has 1 aliphatic heterocycles. The van der Waals surface area contributed by atoms with Crippen molar-refractivity contribution in [1.82, 2.24) is 19.8 Å². The summed E-state index contributed by atoms with van der Waals surface area (Å²) in [6.45, 7) is 3.35. The van der Waals surface area contributed by atoms with E-state index in [1.807, 2.05) is 0 Å². The minimum absolute atomic E-state index is 0.397. The summed E-state index contributed by atoms with van der Waals surface area (Å²) in [6, 6.07) is 0. The van der Waals surface area contributed by atoms with Gasteiger partial charge in [-0.3, -0.25) is 5.43 Å². The quantitative estimate of drug-likeness (QED) is 0.463. The molecule has 7 nitrogen and oxygen atoms in total. The summed E-state index contributed by atoms with van der Waals surface area (Å²) < 4.78 is 1.41. The topological polar surface area (TPSA) is 98.0 Å². The second-order valence-corrected chi connectivity index (χ2v) is 4.11. The second-order valence-electron chi connectivity index (χ2n) is 4.11. The Hall–Kier alpha value is -1.34. The molecule has 0 unspecified atom stereocenters. The molecule has 7 heteroatoms. The van der Waals surface area contributed by atoms with Crippen LogP contribution in [0.4, 0.5) is 5.95 Å². The van der Waals surface area contributed by atoms with Crippen molar-refractivity contribution in [3.8, 4) is 0 Å². The predicted octanol–water partition coefficient (Wildman–Crippen LogP) is -0.694. The molecule has 0 radical (unpaired) electrons. The number of nitrogens with two attached hydrogens (primary N) is 2. The Labute approximate surface area is 94.7 Å². The van der Waals surface area contributed by atoms with E-state index < -0.39 is 0 Å². The average Bonchev–Trinajstić information content (AvgIpc) is 2.69. The van der Waals surface area contributed by atoms with E-state index in [2.05, 4.69) is 20.5 Å². The molecule has 0 amide bonds. The number of hydrogen-bond donors (Lipinski definition) is 3. The monoisotopic (exact) mass is 225 g/mol. The third kappa shape index (κ3) is 2.42. The number of anilines is 1. The molecule has 1 fully saturated rings. The average molecular weight is 225 g/mol. The minimum Gasteiger partial charge on any atom is -0.335 e. The standard InChI is InChI=1S/C9H19N7/c10-12-9-14-13-8(16(9)11)4-7-15-5-2-1-3-6-15/h1-7,10-11H2,(H,12,14). The van der Waals surface area contributed by atoms with Crippen LogP contribution in [0.2, 0.25) is 0 Å². The first-order chi connectivity index (χ1) is 7.81. The first-order valence-electron chi connectivity index (χ1n) is 5.69. The predicted molar refractivity (Wildman–Crippen MR) is 62.0 cm³/mol. The van der Waals surface area contributed by atoms with Gasteiger partial charge in [-0.05, 0) is 25.9 Å². The maximum absolute atomic E-state index is 5.76. The van der Waals surface area contributed by atoms with Gasteiger partial charge in [0.05, 0.1) is 0 Å². The molecule has 5 N–H and O–H groups in total. The Balaban J connectivity index is 1.86. The first kappa shape index (κ1) is 11.2. The van der Waals surface area contributed by atoms with Crippen LogP contribution in [-0.4, -0.2) is 39.4 Å². The minimum atomic E-state index is 0.397. The molecular formula is C9H19N7. The summed E-state index contributed by atoms with van der Waals surface area (Å²) >= 11 is 0. The molecule has 0 spiro atoms. The third-order valence-electron chi connectivity index (χ3n) is 3.00. The van der Waals surface area contributed by atoms with Gasteiger partial charge >= 0.3 is 0 Å². The molecule has 2 heterocycles. The molecular weight excluding hydrogens is 206 g/mol. The number of nitrogen functional groups attached to an aromatic ring is 2. The molecule has 1 aliphatic rings. The highest BCUT2D eigenvalue weighted by molar-refractivity contribution is 5.23. The normalized spacial score (nSPS) is 17.6. The van der Waals surface area contributed by atoms with Gasteiger partial charge in [-0.15, -0.1) is 10.2 Å². The van der Waals surface area contributed by atoms with Crippen LogP contribution in [0.15, 0.2) is 0 Å². The molecule has 0 atom stereocenters. The van der Waals surface area contributed by atoms with Crippen molar-refractivity contribution in [2.24, 2.45) is 5.84 Å². The fraction of sp³-hybridized carbons (Fsp3) is 0.778.